The number of nitrogens with one attached hydrogen (secondary N) is 2. The smallest absolute Gasteiger partial charge is 0.271 e. The number of nitrogens with zero attached hydrogens (tertiary/aromatic N) is 1. The monoisotopic (exact) mass is 210 g/mol. The molecule has 82 valence electrons. The quantitative estimate of drug-likeness (QED) is 0.635. The minimum absolute atomic E-state index is 0.0777. The van der Waals surface area contributed by atoms with Crippen molar-refractivity contribution in [2.45, 2.75) is 18.9 Å². The van der Waals surface area contributed by atoms with Crippen LogP contribution < -0.4 is 11.1 Å². The predicted octanol–water partition coefficient (Wildman–Crippen LogP) is -0.0993. The maximum absolute atomic E-state index is 11.7. The van der Waals surface area contributed by atoms with E-state index in [0.717, 1.165) is 19.4 Å². The summed E-state index contributed by atoms with van der Waals surface area (Å²) in [7, 11) is 0. The van der Waals surface area contributed by atoms with E-state index in [1.165, 1.54) is 6.20 Å². The van der Waals surface area contributed by atoms with Crippen molar-refractivity contribution in [2.75, 3.05) is 18.9 Å². The Balaban J connectivity index is 1.94. The Morgan fingerprint density at radius 2 is 2.60 bits per heavy atom. The predicted molar refractivity (Wildman–Crippen MR) is 54.3 cm³/mol. The van der Waals surface area contributed by atoms with Gasteiger partial charge in [0.15, 0.2) is 0 Å². The van der Waals surface area contributed by atoms with E-state index >= 15 is 0 Å². The van der Waals surface area contributed by atoms with Crippen LogP contribution >= 0.6 is 0 Å². The Morgan fingerprint density at radius 3 is 3.20 bits per heavy atom. The second-order valence-electron chi connectivity index (χ2n) is 3.59. The van der Waals surface area contributed by atoms with Crippen molar-refractivity contribution >= 4 is 11.6 Å². The highest BCUT2D eigenvalue weighted by Gasteiger charge is 2.19. The Bertz CT molecular complexity index is 344. The molecule has 6 nitrogen and oxygen atoms in total. The molecule has 1 unspecified atom stereocenters. The summed E-state index contributed by atoms with van der Waals surface area (Å²) in [5, 5.41) is 9.11. The SMILES string of the molecule is Nc1cn[nH]c1C(=O)NC1CCCOC1. The molecule has 1 aliphatic rings. The molecule has 2 heterocycles. The van der Waals surface area contributed by atoms with Crippen molar-refractivity contribution in [1.29, 1.82) is 0 Å². The summed E-state index contributed by atoms with van der Waals surface area (Å²) < 4.78 is 5.26. The highest BCUT2D eigenvalue weighted by molar-refractivity contribution is 5.97. The molecule has 0 spiro atoms. The first-order chi connectivity index (χ1) is 7.27. The minimum Gasteiger partial charge on any atom is -0.396 e. The molecule has 1 aliphatic heterocycles. The molecule has 0 saturated carbocycles. The maximum atomic E-state index is 11.7. The molecule has 15 heavy (non-hydrogen) atoms. The highest BCUT2D eigenvalue weighted by atomic mass is 16.5. The Labute approximate surface area is 87.2 Å². The molecule has 1 amide bonds. The molecule has 4 N–H and O–H groups in total. The summed E-state index contributed by atoms with van der Waals surface area (Å²) in [6, 6.07) is 0.0777. The van der Waals surface area contributed by atoms with Gasteiger partial charge in [0, 0.05) is 6.61 Å². The molecule has 6 heteroatoms. The number of rotatable bonds is 2. The van der Waals surface area contributed by atoms with Crippen molar-refractivity contribution in [3.05, 3.63) is 11.9 Å². The van der Waals surface area contributed by atoms with Gasteiger partial charge in [0.05, 0.1) is 24.5 Å². The lowest BCUT2D eigenvalue weighted by Gasteiger charge is -2.22. The summed E-state index contributed by atoms with van der Waals surface area (Å²) in [6.07, 6.45) is 3.34. The third kappa shape index (κ3) is 2.27. The van der Waals surface area contributed by atoms with Gasteiger partial charge < -0.3 is 15.8 Å². The number of nitrogen functional groups attached to an aromatic ring is 1. The minimum atomic E-state index is -0.222. The van der Waals surface area contributed by atoms with Crippen LogP contribution in [0.3, 0.4) is 0 Å². The third-order valence-corrected chi connectivity index (χ3v) is 2.39. The van der Waals surface area contributed by atoms with Gasteiger partial charge in [-0.1, -0.05) is 0 Å². The van der Waals surface area contributed by atoms with Crippen LogP contribution in [-0.4, -0.2) is 35.4 Å². The molecule has 1 saturated heterocycles. The summed E-state index contributed by atoms with van der Waals surface area (Å²) in [5.41, 5.74) is 6.25. The molecule has 1 aromatic rings. The third-order valence-electron chi connectivity index (χ3n) is 2.39. The molecule has 0 aliphatic carbocycles. The molecule has 1 aromatic heterocycles. The molecule has 1 atom stereocenters. The van der Waals surface area contributed by atoms with Gasteiger partial charge in [0.25, 0.3) is 5.91 Å². The fourth-order valence-electron chi connectivity index (χ4n) is 1.59. The number of ether oxygens (including phenoxy) is 1. The van der Waals surface area contributed by atoms with Gasteiger partial charge in [-0.15, -0.1) is 0 Å². The Morgan fingerprint density at radius 1 is 1.73 bits per heavy atom. The second kappa shape index (κ2) is 4.31. The topological polar surface area (TPSA) is 93.0 Å². The van der Waals surface area contributed by atoms with E-state index in [-0.39, 0.29) is 11.9 Å². The van der Waals surface area contributed by atoms with Crippen molar-refractivity contribution < 1.29 is 9.53 Å². The summed E-state index contributed by atoms with van der Waals surface area (Å²) in [5.74, 6) is -0.222. The van der Waals surface area contributed by atoms with Gasteiger partial charge >= 0.3 is 0 Å². The molecule has 0 radical (unpaired) electrons. The number of aromatic amines is 1. The molecular weight excluding hydrogens is 196 g/mol. The van der Waals surface area contributed by atoms with Crippen LogP contribution in [0.2, 0.25) is 0 Å². The largest absolute Gasteiger partial charge is 0.396 e. The van der Waals surface area contributed by atoms with Crippen LogP contribution in [0.5, 0.6) is 0 Å². The number of anilines is 1. The van der Waals surface area contributed by atoms with Crippen LogP contribution in [0.15, 0.2) is 6.20 Å². The molecule has 0 bridgehead atoms. The van der Waals surface area contributed by atoms with E-state index in [0.29, 0.717) is 18.0 Å². The standard InChI is InChI=1S/C9H14N4O2/c10-7-4-11-13-8(7)9(14)12-6-2-1-3-15-5-6/h4,6H,1-3,5,10H2,(H,11,13)(H,12,14). The maximum Gasteiger partial charge on any atom is 0.271 e. The average molecular weight is 210 g/mol. The summed E-state index contributed by atoms with van der Waals surface area (Å²) >= 11 is 0. The fourth-order valence-corrected chi connectivity index (χ4v) is 1.59. The molecular formula is C9H14N4O2. The van der Waals surface area contributed by atoms with Crippen molar-refractivity contribution in [2.24, 2.45) is 0 Å². The van der Waals surface area contributed by atoms with E-state index in [2.05, 4.69) is 15.5 Å². The zero-order valence-electron chi connectivity index (χ0n) is 8.32. The van der Waals surface area contributed by atoms with Crippen molar-refractivity contribution in [3.63, 3.8) is 0 Å². The van der Waals surface area contributed by atoms with Gasteiger partial charge in [0.1, 0.15) is 5.69 Å². The number of aromatic nitrogens is 2. The van der Waals surface area contributed by atoms with Crippen molar-refractivity contribution in [1.82, 2.24) is 15.5 Å². The van der Waals surface area contributed by atoms with Gasteiger partial charge in [0.2, 0.25) is 0 Å². The number of nitrogens with two attached hydrogens (primary N) is 1. The number of H-pyrrole nitrogens is 1. The Hall–Kier alpha value is -1.56. The van der Waals surface area contributed by atoms with Crippen LogP contribution in [0.1, 0.15) is 23.3 Å². The van der Waals surface area contributed by atoms with Crippen molar-refractivity contribution in [3.8, 4) is 0 Å². The number of carbonyl (C=O) groups is 1. The average Bonchev–Trinajstić information content (AvgIpc) is 2.66. The van der Waals surface area contributed by atoms with E-state index in [1.807, 2.05) is 0 Å². The number of amides is 1. The lowest BCUT2D eigenvalue weighted by molar-refractivity contribution is 0.0622. The lowest BCUT2D eigenvalue weighted by atomic mass is 10.1. The normalized spacial score (nSPS) is 21.2. The van der Waals surface area contributed by atoms with Crippen LogP contribution in [0.4, 0.5) is 5.69 Å². The molecule has 1 fully saturated rings. The first-order valence-corrected chi connectivity index (χ1v) is 4.95. The van der Waals surface area contributed by atoms with Gasteiger partial charge in [-0.3, -0.25) is 9.89 Å². The van der Waals surface area contributed by atoms with Gasteiger partial charge in [-0.25, -0.2) is 0 Å². The summed E-state index contributed by atoms with van der Waals surface area (Å²) in [6.45, 7) is 1.35. The Kier molecular flexibility index (Phi) is 2.86. The summed E-state index contributed by atoms with van der Waals surface area (Å²) in [4.78, 5) is 11.7. The zero-order valence-corrected chi connectivity index (χ0v) is 8.32. The first-order valence-electron chi connectivity index (χ1n) is 4.95. The second-order valence-corrected chi connectivity index (χ2v) is 3.59. The van der Waals surface area contributed by atoms with E-state index < -0.39 is 0 Å². The first kappa shape index (κ1) is 9.97. The van der Waals surface area contributed by atoms with Gasteiger partial charge in [-0.05, 0) is 12.8 Å². The number of hydrogen-bond donors (Lipinski definition) is 3. The van der Waals surface area contributed by atoms with E-state index in [1.54, 1.807) is 0 Å². The van der Waals surface area contributed by atoms with Crippen LogP contribution in [0.25, 0.3) is 0 Å². The fraction of sp³-hybridized carbons (Fsp3) is 0.556. The molecule has 2 rings (SSSR count). The van der Waals surface area contributed by atoms with Crippen LogP contribution in [0, 0.1) is 0 Å². The zero-order chi connectivity index (χ0) is 10.7. The van der Waals surface area contributed by atoms with Crippen LogP contribution in [-0.2, 0) is 4.74 Å². The highest BCUT2D eigenvalue weighted by Crippen LogP contribution is 2.09. The number of carbonyl (C=O) groups excluding carboxylic acids is 1. The van der Waals surface area contributed by atoms with E-state index in [4.69, 9.17) is 10.5 Å². The number of hydrogen-bond acceptors (Lipinski definition) is 4. The van der Waals surface area contributed by atoms with E-state index in [9.17, 15) is 4.79 Å². The lowest BCUT2D eigenvalue weighted by Crippen LogP contribution is -2.40. The molecule has 0 aromatic carbocycles. The van der Waals surface area contributed by atoms with Gasteiger partial charge in [-0.2, -0.15) is 5.10 Å².